The Hall–Kier alpha value is -4.90. The summed E-state index contributed by atoms with van der Waals surface area (Å²) in [5.74, 6) is 1.30. The second-order valence-corrected chi connectivity index (χ2v) is 7.80. The first-order valence-electron chi connectivity index (χ1n) is 11.3. The summed E-state index contributed by atoms with van der Waals surface area (Å²) in [6.45, 7) is 6.32. The number of aromatic nitrogens is 1. The lowest BCUT2D eigenvalue weighted by atomic mass is 10.0. The van der Waals surface area contributed by atoms with E-state index < -0.39 is 4.92 Å². The van der Waals surface area contributed by atoms with E-state index in [1.807, 2.05) is 31.2 Å². The number of hydrogen-bond acceptors (Lipinski definition) is 7. The number of allylic oxidation sites excluding steroid dienone is 2. The maximum Gasteiger partial charge on any atom is 0.269 e. The van der Waals surface area contributed by atoms with E-state index in [9.17, 15) is 15.4 Å². The minimum atomic E-state index is -0.442. The minimum Gasteiger partial charge on any atom is -0.490 e. The molecule has 0 aliphatic heterocycles. The van der Waals surface area contributed by atoms with Crippen LogP contribution in [0, 0.1) is 21.4 Å². The average Bonchev–Trinajstić information content (AvgIpc) is 3.31. The Morgan fingerprint density at radius 1 is 1.19 bits per heavy atom. The molecular formula is C28H23N3O5. The Bertz CT molecular complexity index is 1450. The summed E-state index contributed by atoms with van der Waals surface area (Å²) >= 11 is 0. The van der Waals surface area contributed by atoms with Crippen molar-refractivity contribution in [2.45, 2.75) is 20.0 Å². The highest BCUT2D eigenvalue weighted by molar-refractivity contribution is 5.89. The zero-order valence-electron chi connectivity index (χ0n) is 19.6. The van der Waals surface area contributed by atoms with Crippen molar-refractivity contribution in [3.05, 3.63) is 106 Å². The van der Waals surface area contributed by atoms with E-state index in [0.29, 0.717) is 35.6 Å². The molecule has 36 heavy (non-hydrogen) atoms. The molecular weight excluding hydrogens is 458 g/mol. The van der Waals surface area contributed by atoms with E-state index in [1.165, 1.54) is 12.1 Å². The number of non-ortho nitro benzene ring substituents is 1. The molecule has 0 aliphatic carbocycles. The molecule has 0 amide bonds. The maximum atomic E-state index is 10.9. The summed E-state index contributed by atoms with van der Waals surface area (Å²) < 4.78 is 17.8. The Kier molecular flexibility index (Phi) is 7.42. The van der Waals surface area contributed by atoms with Gasteiger partial charge in [-0.1, -0.05) is 18.2 Å². The van der Waals surface area contributed by atoms with Crippen molar-refractivity contribution in [2.75, 3.05) is 6.61 Å². The molecule has 0 fully saturated rings. The van der Waals surface area contributed by atoms with Gasteiger partial charge < -0.3 is 13.9 Å². The molecule has 4 aromatic rings. The number of nitrogens with zero attached hydrogens (tertiary/aromatic N) is 3. The summed E-state index contributed by atoms with van der Waals surface area (Å²) in [5, 5.41) is 20.7. The number of rotatable bonds is 10. The van der Waals surface area contributed by atoms with Crippen LogP contribution < -0.4 is 9.47 Å². The van der Waals surface area contributed by atoms with Crippen molar-refractivity contribution >= 4 is 28.4 Å². The number of para-hydroxylation sites is 2. The van der Waals surface area contributed by atoms with Crippen molar-refractivity contribution in [3.63, 3.8) is 0 Å². The van der Waals surface area contributed by atoms with Crippen molar-refractivity contribution in [2.24, 2.45) is 0 Å². The second-order valence-electron chi connectivity index (χ2n) is 7.80. The number of nitro benzene ring substituents is 1. The number of ether oxygens (including phenoxy) is 2. The van der Waals surface area contributed by atoms with E-state index >= 15 is 0 Å². The summed E-state index contributed by atoms with van der Waals surface area (Å²) in [4.78, 5) is 14.9. The first kappa shape index (κ1) is 24.2. The highest BCUT2D eigenvalue weighted by Crippen LogP contribution is 2.36. The van der Waals surface area contributed by atoms with Crippen LogP contribution in [0.3, 0.4) is 0 Å². The molecule has 180 valence electrons. The van der Waals surface area contributed by atoms with Crippen LogP contribution in [0.5, 0.6) is 11.5 Å². The number of fused-ring (bicyclic) bond motifs is 1. The van der Waals surface area contributed by atoms with Gasteiger partial charge in [-0.05, 0) is 66.9 Å². The first-order valence-corrected chi connectivity index (χ1v) is 11.3. The van der Waals surface area contributed by atoms with E-state index in [4.69, 9.17) is 13.9 Å². The van der Waals surface area contributed by atoms with E-state index in [2.05, 4.69) is 17.6 Å². The number of nitro groups is 1. The van der Waals surface area contributed by atoms with Crippen LogP contribution in [-0.4, -0.2) is 16.5 Å². The summed E-state index contributed by atoms with van der Waals surface area (Å²) in [6.07, 6.45) is 3.95. The topological polar surface area (TPSA) is 111 Å². The van der Waals surface area contributed by atoms with Crippen molar-refractivity contribution in [1.82, 2.24) is 4.98 Å². The molecule has 0 radical (unpaired) electrons. The highest BCUT2D eigenvalue weighted by Gasteiger charge is 2.16. The van der Waals surface area contributed by atoms with E-state index in [1.54, 1.807) is 36.4 Å². The normalized spacial score (nSPS) is 11.2. The first-order chi connectivity index (χ1) is 17.5. The van der Waals surface area contributed by atoms with Crippen molar-refractivity contribution < 1.29 is 18.8 Å². The van der Waals surface area contributed by atoms with Crippen LogP contribution in [-0.2, 0) is 13.0 Å². The molecule has 0 saturated carbocycles. The van der Waals surface area contributed by atoms with Gasteiger partial charge in [-0.3, -0.25) is 10.1 Å². The monoisotopic (exact) mass is 481 g/mol. The van der Waals surface area contributed by atoms with Crippen molar-refractivity contribution in [3.8, 4) is 17.6 Å². The van der Waals surface area contributed by atoms with Crippen LogP contribution in [0.4, 0.5) is 5.69 Å². The lowest BCUT2D eigenvalue weighted by Crippen LogP contribution is -2.03. The van der Waals surface area contributed by atoms with Gasteiger partial charge >= 0.3 is 0 Å². The lowest BCUT2D eigenvalue weighted by Gasteiger charge is -2.17. The summed E-state index contributed by atoms with van der Waals surface area (Å²) in [7, 11) is 0. The standard InChI is InChI=1S/C28H23N3O5/c1-3-7-21-14-20(15-22(17-29)28-30-24-8-5-6-9-25(24)36-28)16-26(34-4-2)27(21)35-18-19-10-12-23(13-11-19)31(32)33/h3,5-6,8-16H,1,4,7,18H2,2H3/b22-15+. The number of benzene rings is 3. The molecule has 0 bridgehead atoms. The molecule has 1 aromatic heterocycles. The number of hydrogen-bond donors (Lipinski definition) is 0. The smallest absolute Gasteiger partial charge is 0.269 e. The molecule has 8 heteroatoms. The van der Waals surface area contributed by atoms with Gasteiger partial charge in [0, 0.05) is 17.7 Å². The molecule has 0 saturated heterocycles. The van der Waals surface area contributed by atoms with E-state index in [-0.39, 0.29) is 23.8 Å². The molecule has 0 atom stereocenters. The lowest BCUT2D eigenvalue weighted by molar-refractivity contribution is -0.384. The Morgan fingerprint density at radius 3 is 2.64 bits per heavy atom. The van der Waals surface area contributed by atoms with Gasteiger partial charge in [-0.15, -0.1) is 6.58 Å². The maximum absolute atomic E-state index is 10.9. The molecule has 0 aliphatic rings. The SMILES string of the molecule is C=CCc1cc(/C=C(\C#N)c2nc3ccccc3o2)cc(OCC)c1OCc1ccc([N+](=O)[O-])cc1. The molecule has 3 aromatic carbocycles. The van der Waals surface area contributed by atoms with Gasteiger partial charge in [0.25, 0.3) is 5.69 Å². The van der Waals surface area contributed by atoms with Gasteiger partial charge in [-0.25, -0.2) is 4.98 Å². The number of nitriles is 1. The Labute approximate surface area is 207 Å². The second kappa shape index (κ2) is 11.0. The zero-order valence-corrected chi connectivity index (χ0v) is 19.6. The van der Waals surface area contributed by atoms with Gasteiger partial charge in [0.2, 0.25) is 5.89 Å². The molecule has 0 N–H and O–H groups in total. The summed E-state index contributed by atoms with van der Waals surface area (Å²) in [5.41, 5.74) is 3.88. The third kappa shape index (κ3) is 5.42. The fourth-order valence-corrected chi connectivity index (χ4v) is 3.67. The third-order valence-corrected chi connectivity index (χ3v) is 5.30. The van der Waals surface area contributed by atoms with Crippen LogP contribution in [0.25, 0.3) is 22.7 Å². The van der Waals surface area contributed by atoms with E-state index in [0.717, 1.165) is 16.7 Å². The van der Waals surface area contributed by atoms with Gasteiger partial charge in [0.15, 0.2) is 17.1 Å². The fourth-order valence-electron chi connectivity index (χ4n) is 3.67. The van der Waals surface area contributed by atoms with Gasteiger partial charge in [-0.2, -0.15) is 5.26 Å². The predicted molar refractivity (Wildman–Crippen MR) is 136 cm³/mol. The van der Waals surface area contributed by atoms with Crippen LogP contribution >= 0.6 is 0 Å². The molecule has 1 heterocycles. The average molecular weight is 482 g/mol. The molecule has 8 nitrogen and oxygen atoms in total. The van der Waals surface area contributed by atoms with Crippen LogP contribution in [0.1, 0.15) is 29.5 Å². The molecule has 4 rings (SSSR count). The number of oxazole rings is 1. The van der Waals surface area contributed by atoms with Crippen LogP contribution in [0.15, 0.2) is 77.7 Å². The molecule has 0 spiro atoms. The van der Waals surface area contributed by atoms with Gasteiger partial charge in [0.1, 0.15) is 23.8 Å². The highest BCUT2D eigenvalue weighted by atomic mass is 16.6. The molecule has 0 unspecified atom stereocenters. The fraction of sp³-hybridized carbons (Fsp3) is 0.143. The predicted octanol–water partition coefficient (Wildman–Crippen LogP) is 6.51. The summed E-state index contributed by atoms with van der Waals surface area (Å²) in [6, 6.07) is 19.4. The largest absolute Gasteiger partial charge is 0.490 e. The van der Waals surface area contributed by atoms with Gasteiger partial charge in [0.05, 0.1) is 11.5 Å². The quantitative estimate of drug-likeness (QED) is 0.110. The Balaban J connectivity index is 1.68. The zero-order chi connectivity index (χ0) is 25.5. The minimum absolute atomic E-state index is 0.0180. The van der Waals surface area contributed by atoms with Crippen molar-refractivity contribution in [1.29, 1.82) is 5.26 Å². The van der Waals surface area contributed by atoms with Crippen LogP contribution in [0.2, 0.25) is 0 Å². The third-order valence-electron chi connectivity index (χ3n) is 5.30. The Morgan fingerprint density at radius 2 is 1.97 bits per heavy atom.